The molecule has 114 valence electrons. The fourth-order valence-electron chi connectivity index (χ4n) is 2.13. The molecule has 0 radical (unpaired) electrons. The molecule has 0 saturated heterocycles. The summed E-state index contributed by atoms with van der Waals surface area (Å²) in [6.07, 6.45) is 3.58. The van der Waals surface area contributed by atoms with Gasteiger partial charge >= 0.3 is 0 Å². The third kappa shape index (κ3) is 4.31. The molecule has 1 fully saturated rings. The molecule has 0 spiro atoms. The molecule has 21 heavy (non-hydrogen) atoms. The minimum atomic E-state index is -3.48. The zero-order valence-corrected chi connectivity index (χ0v) is 13.0. The smallest absolute Gasteiger partial charge is 0.240 e. The third-order valence-corrected chi connectivity index (χ3v) is 5.36. The van der Waals surface area contributed by atoms with Gasteiger partial charge in [-0.2, -0.15) is 0 Å². The zero-order chi connectivity index (χ0) is 15.3. The maximum Gasteiger partial charge on any atom is 0.240 e. The van der Waals surface area contributed by atoms with E-state index in [2.05, 4.69) is 23.5 Å². The lowest BCUT2D eigenvalue weighted by Crippen LogP contribution is -2.30. The molecule has 1 saturated carbocycles. The molecule has 5 heteroatoms. The minimum absolute atomic E-state index is 0.00560. The summed E-state index contributed by atoms with van der Waals surface area (Å²) in [7, 11) is -3.48. The molecule has 0 aromatic heterocycles. The van der Waals surface area contributed by atoms with Crippen molar-refractivity contribution in [3.05, 3.63) is 29.8 Å². The van der Waals surface area contributed by atoms with Crippen LogP contribution in [0.15, 0.2) is 29.2 Å². The standard InChI is InChI=1S/C16H21NO3S/c1-2-16(9-10-16)13-17-21(19,20)15-8-5-7-14(12-15)6-3-4-11-18/h5,7-8,12,17-18H,2,4,9-11,13H2,1H3. The summed E-state index contributed by atoms with van der Waals surface area (Å²) in [5.41, 5.74) is 0.814. The second kappa shape index (κ2) is 6.61. The lowest BCUT2D eigenvalue weighted by molar-refractivity contribution is 0.305. The van der Waals surface area contributed by atoms with Gasteiger partial charge in [-0.1, -0.05) is 24.8 Å². The lowest BCUT2D eigenvalue weighted by atomic mass is 10.1. The molecule has 0 bridgehead atoms. The first-order chi connectivity index (χ1) is 10.0. The number of hydrogen-bond acceptors (Lipinski definition) is 3. The van der Waals surface area contributed by atoms with Crippen LogP contribution in [0.2, 0.25) is 0 Å². The van der Waals surface area contributed by atoms with Crippen molar-refractivity contribution >= 4 is 10.0 Å². The molecule has 1 aromatic carbocycles. The monoisotopic (exact) mass is 307 g/mol. The molecule has 2 N–H and O–H groups in total. The second-order valence-electron chi connectivity index (χ2n) is 5.48. The fourth-order valence-corrected chi connectivity index (χ4v) is 3.33. The van der Waals surface area contributed by atoms with Gasteiger partial charge in [0.2, 0.25) is 10.0 Å². The Kier molecular flexibility index (Phi) is 5.04. The number of benzene rings is 1. The van der Waals surface area contributed by atoms with Crippen molar-refractivity contribution in [3.8, 4) is 11.8 Å². The second-order valence-corrected chi connectivity index (χ2v) is 7.25. The Bertz CT molecular complexity index is 652. The third-order valence-electron chi connectivity index (χ3n) is 3.96. The van der Waals surface area contributed by atoms with Crippen molar-refractivity contribution in [1.82, 2.24) is 4.72 Å². The van der Waals surface area contributed by atoms with Crippen molar-refractivity contribution in [1.29, 1.82) is 0 Å². The number of rotatable bonds is 6. The summed E-state index contributed by atoms with van der Waals surface area (Å²) in [6.45, 7) is 2.61. The highest BCUT2D eigenvalue weighted by Gasteiger charge is 2.41. The summed E-state index contributed by atoms with van der Waals surface area (Å²) in [6, 6.07) is 6.59. The molecular weight excluding hydrogens is 286 g/mol. The van der Waals surface area contributed by atoms with E-state index in [-0.39, 0.29) is 16.9 Å². The summed E-state index contributed by atoms with van der Waals surface area (Å²) in [5, 5.41) is 8.70. The topological polar surface area (TPSA) is 66.4 Å². The molecular formula is C16H21NO3S. The minimum Gasteiger partial charge on any atom is -0.395 e. The van der Waals surface area contributed by atoms with E-state index in [0.29, 0.717) is 18.5 Å². The van der Waals surface area contributed by atoms with Gasteiger partial charge in [0.1, 0.15) is 0 Å². The van der Waals surface area contributed by atoms with Crippen LogP contribution < -0.4 is 4.72 Å². The molecule has 2 rings (SSSR count). The Morgan fingerprint density at radius 3 is 2.76 bits per heavy atom. The number of nitrogens with one attached hydrogen (secondary N) is 1. The Labute approximate surface area is 126 Å². The van der Waals surface area contributed by atoms with Gasteiger partial charge in [0.25, 0.3) is 0 Å². The zero-order valence-electron chi connectivity index (χ0n) is 12.2. The highest BCUT2D eigenvalue weighted by Crippen LogP contribution is 2.48. The molecule has 0 heterocycles. The van der Waals surface area contributed by atoms with Crippen LogP contribution in [0.1, 0.15) is 38.2 Å². The fraction of sp³-hybridized carbons (Fsp3) is 0.500. The van der Waals surface area contributed by atoms with E-state index in [1.807, 2.05) is 0 Å². The van der Waals surface area contributed by atoms with E-state index in [1.165, 1.54) is 0 Å². The highest BCUT2D eigenvalue weighted by atomic mass is 32.2. The molecule has 1 aliphatic carbocycles. The summed E-state index contributed by atoms with van der Waals surface area (Å²) >= 11 is 0. The van der Waals surface area contributed by atoms with Gasteiger partial charge in [-0.25, -0.2) is 13.1 Å². The Balaban J connectivity index is 2.09. The Morgan fingerprint density at radius 1 is 1.38 bits per heavy atom. The lowest BCUT2D eigenvalue weighted by Gasteiger charge is -2.13. The van der Waals surface area contributed by atoms with E-state index < -0.39 is 10.0 Å². The highest BCUT2D eigenvalue weighted by molar-refractivity contribution is 7.89. The van der Waals surface area contributed by atoms with Gasteiger partial charge in [0.15, 0.2) is 0 Å². The average Bonchev–Trinajstić information content (AvgIpc) is 3.27. The van der Waals surface area contributed by atoms with Crippen molar-refractivity contribution in [2.24, 2.45) is 5.41 Å². The predicted octanol–water partition coefficient (Wildman–Crippen LogP) is 1.89. The number of sulfonamides is 1. The molecule has 4 nitrogen and oxygen atoms in total. The van der Waals surface area contributed by atoms with Gasteiger partial charge in [0, 0.05) is 18.5 Å². The van der Waals surface area contributed by atoms with Gasteiger partial charge in [-0.3, -0.25) is 0 Å². The van der Waals surface area contributed by atoms with Crippen molar-refractivity contribution < 1.29 is 13.5 Å². The summed E-state index contributed by atoms with van der Waals surface area (Å²) in [5.74, 6) is 5.64. The van der Waals surface area contributed by atoms with Gasteiger partial charge in [-0.05, 0) is 42.9 Å². The van der Waals surface area contributed by atoms with E-state index in [0.717, 1.165) is 19.3 Å². The van der Waals surface area contributed by atoms with E-state index in [1.54, 1.807) is 24.3 Å². The van der Waals surface area contributed by atoms with E-state index in [9.17, 15) is 8.42 Å². The van der Waals surface area contributed by atoms with Crippen LogP contribution >= 0.6 is 0 Å². The Morgan fingerprint density at radius 2 is 2.14 bits per heavy atom. The number of hydrogen-bond donors (Lipinski definition) is 2. The van der Waals surface area contributed by atoms with Gasteiger partial charge < -0.3 is 5.11 Å². The SMILES string of the molecule is CCC1(CNS(=O)(=O)c2cccc(C#CCCO)c2)CC1. The van der Waals surface area contributed by atoms with Crippen LogP contribution in [0.25, 0.3) is 0 Å². The van der Waals surface area contributed by atoms with Gasteiger partial charge in [-0.15, -0.1) is 0 Å². The first kappa shape index (κ1) is 16.0. The van der Waals surface area contributed by atoms with Crippen LogP contribution in [-0.4, -0.2) is 26.7 Å². The molecule has 1 aromatic rings. The van der Waals surface area contributed by atoms with Crippen molar-refractivity contribution in [2.45, 2.75) is 37.5 Å². The van der Waals surface area contributed by atoms with Crippen molar-refractivity contribution in [3.63, 3.8) is 0 Å². The van der Waals surface area contributed by atoms with Crippen LogP contribution in [0.3, 0.4) is 0 Å². The van der Waals surface area contributed by atoms with E-state index >= 15 is 0 Å². The van der Waals surface area contributed by atoms with Crippen LogP contribution in [-0.2, 0) is 10.0 Å². The first-order valence-corrected chi connectivity index (χ1v) is 8.69. The maximum atomic E-state index is 12.3. The molecule has 0 atom stereocenters. The van der Waals surface area contributed by atoms with E-state index in [4.69, 9.17) is 5.11 Å². The largest absolute Gasteiger partial charge is 0.395 e. The summed E-state index contributed by atoms with van der Waals surface area (Å²) in [4.78, 5) is 0.241. The molecule has 0 aliphatic heterocycles. The predicted molar refractivity (Wildman–Crippen MR) is 82.2 cm³/mol. The van der Waals surface area contributed by atoms with Crippen molar-refractivity contribution in [2.75, 3.05) is 13.2 Å². The van der Waals surface area contributed by atoms with Crippen LogP contribution in [0.5, 0.6) is 0 Å². The van der Waals surface area contributed by atoms with Crippen LogP contribution in [0.4, 0.5) is 0 Å². The summed E-state index contributed by atoms with van der Waals surface area (Å²) < 4.78 is 27.3. The Hall–Kier alpha value is -1.35. The quantitative estimate of drug-likeness (QED) is 0.789. The maximum absolute atomic E-state index is 12.3. The average molecular weight is 307 g/mol. The number of aliphatic hydroxyl groups excluding tert-OH is 1. The normalized spacial score (nSPS) is 16.1. The molecule has 1 aliphatic rings. The first-order valence-electron chi connectivity index (χ1n) is 7.21. The molecule has 0 amide bonds. The molecule has 0 unspecified atom stereocenters. The van der Waals surface area contributed by atoms with Gasteiger partial charge in [0.05, 0.1) is 11.5 Å². The number of aliphatic hydroxyl groups is 1. The van der Waals surface area contributed by atoms with Crippen LogP contribution in [0, 0.1) is 17.3 Å².